The molecule has 0 heterocycles. The first-order chi connectivity index (χ1) is 37.4. The van der Waals surface area contributed by atoms with Crippen molar-refractivity contribution in [3.63, 3.8) is 0 Å². The van der Waals surface area contributed by atoms with Gasteiger partial charge in [-0.25, -0.2) is 0 Å². The lowest BCUT2D eigenvalue weighted by atomic mass is 9.92. The maximum atomic E-state index is 13.4. The zero-order valence-corrected chi connectivity index (χ0v) is 54.9. The van der Waals surface area contributed by atoms with Crippen LogP contribution in [0.3, 0.4) is 0 Å². The van der Waals surface area contributed by atoms with Gasteiger partial charge in [-0.15, -0.1) is 0 Å². The quantitative estimate of drug-likeness (QED) is 0.0329. The van der Waals surface area contributed by atoms with Crippen LogP contribution in [0.5, 0.6) is 0 Å². The Morgan fingerprint density at radius 2 is 0.455 bits per heavy atom. The van der Waals surface area contributed by atoms with Gasteiger partial charge in [-0.05, 0) is 25.7 Å². The van der Waals surface area contributed by atoms with Crippen molar-refractivity contribution in [2.24, 2.45) is 5.41 Å². The molecule has 8 nitrogen and oxygen atoms in total. The second-order valence-corrected chi connectivity index (χ2v) is 29.1. The fraction of sp³-hybridized carbons (Fsp3) is 0.938. The molecule has 0 aliphatic rings. The first kappa shape index (κ1) is 76.3. The standard InChI is InChI=1S/C65H124O8S4/c1-9-13-17-21-25-29-33-37-41-57(5)74-49-45-61(66)70-53-65(54-71-62(67)46-50-75-58(6)42-38-34-30-26-22-18-14-10-2,55-72-63(68)47-51-76-59(7)43-39-35-31-27-23-19-15-11-3)56-73-64(69)48-52-77-60(8)44-40-36-32-28-24-20-16-12-4/h57-60H,9-56H2,1-8H3. The molecule has 12 heteroatoms. The summed E-state index contributed by atoms with van der Waals surface area (Å²) in [5.74, 6) is 1.10. The van der Waals surface area contributed by atoms with E-state index in [0.29, 0.717) is 44.0 Å². The first-order valence-corrected chi connectivity index (χ1v) is 36.7. The zero-order chi connectivity index (χ0) is 56.7. The summed E-state index contributed by atoms with van der Waals surface area (Å²) in [7, 11) is 0. The highest BCUT2D eigenvalue weighted by molar-refractivity contribution is 8.00. The lowest BCUT2D eigenvalue weighted by molar-refractivity contribution is -0.170. The van der Waals surface area contributed by atoms with Crippen LogP contribution in [-0.4, -0.2) is 94.3 Å². The number of thioether (sulfide) groups is 4. The Morgan fingerprint density at radius 1 is 0.286 bits per heavy atom. The summed E-state index contributed by atoms with van der Waals surface area (Å²) >= 11 is 7.19. The summed E-state index contributed by atoms with van der Waals surface area (Å²) in [5, 5.41) is 1.79. The van der Waals surface area contributed by atoms with E-state index < -0.39 is 5.41 Å². The monoisotopic (exact) mass is 1160 g/mol. The maximum Gasteiger partial charge on any atom is 0.306 e. The summed E-state index contributed by atoms with van der Waals surface area (Å²) in [6.45, 7) is 17.2. The molecule has 0 amide bonds. The van der Waals surface area contributed by atoms with Crippen LogP contribution < -0.4 is 0 Å². The summed E-state index contributed by atoms with van der Waals surface area (Å²) in [6.07, 6.45) is 46.9. The molecule has 77 heavy (non-hydrogen) atoms. The van der Waals surface area contributed by atoms with Gasteiger partial charge in [-0.3, -0.25) is 19.2 Å². The average Bonchev–Trinajstić information content (AvgIpc) is 3.41. The minimum atomic E-state index is -1.25. The minimum Gasteiger partial charge on any atom is -0.465 e. The molecule has 456 valence electrons. The molecular weight excluding hydrogens is 1040 g/mol. The Kier molecular flexibility index (Phi) is 56.6. The summed E-state index contributed by atoms with van der Waals surface area (Å²) in [6, 6.07) is 0. The van der Waals surface area contributed by atoms with E-state index in [9.17, 15) is 19.2 Å². The van der Waals surface area contributed by atoms with E-state index in [1.807, 2.05) is 0 Å². The van der Waals surface area contributed by atoms with Crippen LogP contribution in [0.4, 0.5) is 0 Å². The van der Waals surface area contributed by atoms with Gasteiger partial charge in [0.25, 0.3) is 0 Å². The molecule has 0 saturated carbocycles. The molecule has 0 N–H and O–H groups in total. The molecule has 0 aliphatic heterocycles. The Morgan fingerprint density at radius 3 is 0.636 bits per heavy atom. The van der Waals surface area contributed by atoms with Crippen molar-refractivity contribution in [2.45, 2.75) is 333 Å². The van der Waals surface area contributed by atoms with Crippen molar-refractivity contribution in [2.75, 3.05) is 49.4 Å². The second kappa shape index (κ2) is 57.1. The van der Waals surface area contributed by atoms with Crippen molar-refractivity contribution < 1.29 is 38.1 Å². The molecule has 0 aliphatic carbocycles. The molecular formula is C65H124O8S4. The van der Waals surface area contributed by atoms with E-state index in [1.165, 1.54) is 205 Å². The SMILES string of the molecule is CCCCCCCCCCC(C)SCCC(=O)OCC(COC(=O)CCSC(C)CCCCCCCCCC)(COC(=O)CCSC(C)CCCCCCCCCC)COC(=O)CCSC(C)CCCCCCCCCC. The van der Waals surface area contributed by atoms with Crippen molar-refractivity contribution in [1.29, 1.82) is 0 Å². The molecule has 0 aromatic heterocycles. The molecule has 0 fully saturated rings. The van der Waals surface area contributed by atoms with E-state index in [2.05, 4.69) is 55.4 Å². The highest BCUT2D eigenvalue weighted by Gasteiger charge is 2.38. The van der Waals surface area contributed by atoms with Gasteiger partial charge in [0.2, 0.25) is 0 Å². The van der Waals surface area contributed by atoms with Gasteiger partial charge in [-0.2, -0.15) is 47.0 Å². The number of unbranched alkanes of at least 4 members (excludes halogenated alkanes) is 28. The number of carbonyl (C=O) groups is 4. The van der Waals surface area contributed by atoms with E-state index in [0.717, 1.165) is 25.7 Å². The average molecular weight is 1160 g/mol. The summed E-state index contributed by atoms with van der Waals surface area (Å²) < 4.78 is 23.9. The van der Waals surface area contributed by atoms with Gasteiger partial charge in [0.15, 0.2) is 0 Å². The van der Waals surface area contributed by atoms with Gasteiger partial charge in [0.05, 0.1) is 25.7 Å². The van der Waals surface area contributed by atoms with Crippen LogP contribution in [0.1, 0.15) is 312 Å². The molecule has 4 atom stereocenters. The third-order valence-electron chi connectivity index (χ3n) is 14.8. The number of hydrogen-bond donors (Lipinski definition) is 0. The van der Waals surface area contributed by atoms with Gasteiger partial charge in [0.1, 0.15) is 31.8 Å². The first-order valence-electron chi connectivity index (χ1n) is 32.5. The Hall–Kier alpha value is -0.720. The van der Waals surface area contributed by atoms with Crippen molar-refractivity contribution in [1.82, 2.24) is 0 Å². The maximum absolute atomic E-state index is 13.4. The highest BCUT2D eigenvalue weighted by atomic mass is 32.2. The fourth-order valence-corrected chi connectivity index (χ4v) is 13.5. The van der Waals surface area contributed by atoms with Crippen molar-refractivity contribution in [3.05, 3.63) is 0 Å². The Balaban J connectivity index is 5.74. The van der Waals surface area contributed by atoms with Crippen molar-refractivity contribution in [3.8, 4) is 0 Å². The Bertz CT molecular complexity index is 1140. The van der Waals surface area contributed by atoms with Crippen LogP contribution in [0, 0.1) is 5.41 Å². The van der Waals surface area contributed by atoms with Gasteiger partial charge >= 0.3 is 23.9 Å². The molecule has 0 rings (SSSR count). The second-order valence-electron chi connectivity index (χ2n) is 22.9. The van der Waals surface area contributed by atoms with Gasteiger partial charge in [0, 0.05) is 44.0 Å². The highest BCUT2D eigenvalue weighted by Crippen LogP contribution is 2.27. The van der Waals surface area contributed by atoms with Crippen molar-refractivity contribution >= 4 is 70.9 Å². The summed E-state index contributed by atoms with van der Waals surface area (Å²) in [5.41, 5.74) is -1.25. The molecule has 0 bridgehead atoms. The summed E-state index contributed by atoms with van der Waals surface area (Å²) in [4.78, 5) is 53.7. The topological polar surface area (TPSA) is 105 Å². The molecule has 0 aromatic carbocycles. The smallest absolute Gasteiger partial charge is 0.306 e. The largest absolute Gasteiger partial charge is 0.465 e. The van der Waals surface area contributed by atoms with Crippen LogP contribution in [0.15, 0.2) is 0 Å². The van der Waals surface area contributed by atoms with Crippen LogP contribution >= 0.6 is 47.0 Å². The molecule has 0 radical (unpaired) electrons. The number of ether oxygens (including phenoxy) is 4. The molecule has 0 aromatic rings. The predicted molar refractivity (Wildman–Crippen MR) is 341 cm³/mol. The van der Waals surface area contributed by atoms with E-state index >= 15 is 0 Å². The van der Waals surface area contributed by atoms with Gasteiger partial charge in [-0.1, -0.05) is 261 Å². The third kappa shape index (κ3) is 53.1. The molecule has 0 spiro atoms. The zero-order valence-electron chi connectivity index (χ0n) is 51.6. The van der Waals surface area contributed by atoms with E-state index in [1.54, 1.807) is 47.0 Å². The lowest BCUT2D eigenvalue weighted by Crippen LogP contribution is -2.44. The van der Waals surface area contributed by atoms with Crippen LogP contribution in [0.2, 0.25) is 0 Å². The third-order valence-corrected chi connectivity index (χ3v) is 19.8. The van der Waals surface area contributed by atoms with Crippen LogP contribution in [0.25, 0.3) is 0 Å². The number of esters is 4. The Labute approximate surface area is 494 Å². The van der Waals surface area contributed by atoms with E-state index in [-0.39, 0.29) is 76.0 Å². The predicted octanol–water partition coefficient (Wildman–Crippen LogP) is 20.3. The number of carbonyl (C=O) groups excluding carboxylic acids is 4. The lowest BCUT2D eigenvalue weighted by Gasteiger charge is -2.31. The molecule has 4 unspecified atom stereocenters. The van der Waals surface area contributed by atoms with Gasteiger partial charge < -0.3 is 18.9 Å². The number of rotatable bonds is 60. The fourth-order valence-electron chi connectivity index (χ4n) is 9.44. The minimum absolute atomic E-state index is 0.197. The number of hydrogen-bond acceptors (Lipinski definition) is 12. The normalized spacial score (nSPS) is 13.9. The molecule has 0 saturated heterocycles. The van der Waals surface area contributed by atoms with E-state index in [4.69, 9.17) is 18.9 Å². The van der Waals surface area contributed by atoms with Crippen LogP contribution in [-0.2, 0) is 38.1 Å².